The summed E-state index contributed by atoms with van der Waals surface area (Å²) < 4.78 is 0. The van der Waals surface area contributed by atoms with Crippen molar-refractivity contribution in [3.8, 4) is 5.75 Å². The van der Waals surface area contributed by atoms with Gasteiger partial charge in [-0.2, -0.15) is 0 Å². The number of aliphatic hydroxyl groups is 1. The number of phenols is 1. The van der Waals surface area contributed by atoms with Gasteiger partial charge in [-0.15, -0.1) is 0 Å². The third-order valence-electron chi connectivity index (χ3n) is 1.97. The number of aliphatic carboxylic acids is 1. The first-order chi connectivity index (χ1) is 7.13. The lowest BCUT2D eigenvalue weighted by Crippen LogP contribution is -2.39. The minimum atomic E-state index is -1.09. The number of hydrogen-bond donors (Lipinski definition) is 4. The van der Waals surface area contributed by atoms with Crippen LogP contribution in [0.15, 0.2) is 24.3 Å². The van der Waals surface area contributed by atoms with Crippen molar-refractivity contribution in [1.29, 1.82) is 0 Å². The maximum Gasteiger partial charge on any atom is 0.323 e. The van der Waals surface area contributed by atoms with E-state index < -0.39 is 18.6 Å². The number of hydrogen-bond acceptors (Lipinski definition) is 4. The molecule has 0 aliphatic carbocycles. The van der Waals surface area contributed by atoms with Crippen molar-refractivity contribution in [2.24, 2.45) is 0 Å². The van der Waals surface area contributed by atoms with Gasteiger partial charge in [0, 0.05) is 6.54 Å². The number of phenolic OH excluding ortho intramolecular Hbond substituents is 1. The minimum absolute atomic E-state index is 0.163. The van der Waals surface area contributed by atoms with Crippen LogP contribution in [0.3, 0.4) is 0 Å². The maximum absolute atomic E-state index is 10.5. The van der Waals surface area contributed by atoms with Crippen LogP contribution < -0.4 is 5.32 Å². The third kappa shape index (κ3) is 3.57. The number of benzene rings is 1. The largest absolute Gasteiger partial charge is 0.508 e. The number of nitrogens with one attached hydrogen (secondary N) is 1. The van der Waals surface area contributed by atoms with E-state index in [0.29, 0.717) is 6.54 Å². The number of carboxylic acid groups (broad SMARTS) is 1. The maximum atomic E-state index is 10.5. The average Bonchev–Trinajstić information content (AvgIpc) is 2.21. The van der Waals surface area contributed by atoms with E-state index in [-0.39, 0.29) is 5.75 Å². The molecule has 0 unspecified atom stereocenters. The lowest BCUT2D eigenvalue weighted by atomic mass is 10.2. The topological polar surface area (TPSA) is 89.8 Å². The number of aliphatic hydroxyl groups excluding tert-OH is 1. The smallest absolute Gasteiger partial charge is 0.323 e. The van der Waals surface area contributed by atoms with Crippen LogP contribution in [0.2, 0.25) is 0 Å². The first-order valence-electron chi connectivity index (χ1n) is 4.48. The Balaban J connectivity index is 2.49. The van der Waals surface area contributed by atoms with Crippen LogP contribution in [0, 0.1) is 0 Å². The van der Waals surface area contributed by atoms with Crippen LogP contribution in [0.4, 0.5) is 0 Å². The minimum Gasteiger partial charge on any atom is -0.508 e. The number of aromatic hydroxyl groups is 1. The highest BCUT2D eigenvalue weighted by atomic mass is 16.4. The second-order valence-electron chi connectivity index (χ2n) is 3.12. The van der Waals surface area contributed by atoms with Gasteiger partial charge in [0.2, 0.25) is 0 Å². The van der Waals surface area contributed by atoms with Crippen molar-refractivity contribution in [2.75, 3.05) is 6.61 Å². The molecule has 82 valence electrons. The summed E-state index contributed by atoms with van der Waals surface area (Å²) >= 11 is 0. The second kappa shape index (κ2) is 5.33. The van der Waals surface area contributed by atoms with Gasteiger partial charge in [0.1, 0.15) is 11.8 Å². The highest BCUT2D eigenvalue weighted by Gasteiger charge is 2.14. The molecule has 0 saturated heterocycles. The SMILES string of the molecule is O=C(O)[C@H](CO)NCc1ccc(O)cc1. The van der Waals surface area contributed by atoms with Gasteiger partial charge >= 0.3 is 5.97 Å². The van der Waals surface area contributed by atoms with Crippen molar-refractivity contribution < 1.29 is 20.1 Å². The van der Waals surface area contributed by atoms with Gasteiger partial charge in [-0.05, 0) is 17.7 Å². The fraction of sp³-hybridized carbons (Fsp3) is 0.300. The van der Waals surface area contributed by atoms with Gasteiger partial charge in [-0.3, -0.25) is 10.1 Å². The average molecular weight is 211 g/mol. The Kier molecular flexibility index (Phi) is 4.08. The van der Waals surface area contributed by atoms with Gasteiger partial charge in [-0.1, -0.05) is 12.1 Å². The summed E-state index contributed by atoms with van der Waals surface area (Å²) in [5.74, 6) is -0.924. The molecule has 1 rings (SSSR count). The molecule has 15 heavy (non-hydrogen) atoms. The third-order valence-corrected chi connectivity index (χ3v) is 1.97. The Morgan fingerprint density at radius 1 is 1.33 bits per heavy atom. The van der Waals surface area contributed by atoms with Gasteiger partial charge in [0.15, 0.2) is 0 Å². The first kappa shape index (κ1) is 11.5. The van der Waals surface area contributed by atoms with Crippen LogP contribution in [-0.4, -0.2) is 33.9 Å². The van der Waals surface area contributed by atoms with Crippen molar-refractivity contribution in [2.45, 2.75) is 12.6 Å². The predicted molar refractivity (Wildman–Crippen MR) is 53.5 cm³/mol. The van der Waals surface area contributed by atoms with E-state index in [4.69, 9.17) is 15.3 Å². The Morgan fingerprint density at radius 2 is 1.93 bits per heavy atom. The molecule has 0 aliphatic rings. The molecule has 1 atom stereocenters. The van der Waals surface area contributed by atoms with Gasteiger partial charge < -0.3 is 15.3 Å². The van der Waals surface area contributed by atoms with E-state index in [1.165, 1.54) is 12.1 Å². The van der Waals surface area contributed by atoms with E-state index in [9.17, 15) is 4.79 Å². The number of carboxylic acids is 1. The normalized spacial score (nSPS) is 12.3. The Hall–Kier alpha value is -1.59. The highest BCUT2D eigenvalue weighted by molar-refractivity contribution is 5.73. The highest BCUT2D eigenvalue weighted by Crippen LogP contribution is 2.09. The summed E-state index contributed by atoms with van der Waals surface area (Å²) in [6.45, 7) is -0.120. The Morgan fingerprint density at radius 3 is 2.40 bits per heavy atom. The summed E-state index contributed by atoms with van der Waals surface area (Å²) in [6.07, 6.45) is 0. The summed E-state index contributed by atoms with van der Waals surface area (Å²) in [6, 6.07) is 5.44. The van der Waals surface area contributed by atoms with E-state index in [0.717, 1.165) is 5.56 Å². The van der Waals surface area contributed by atoms with Crippen molar-refractivity contribution >= 4 is 5.97 Å². The second-order valence-corrected chi connectivity index (χ2v) is 3.12. The fourth-order valence-electron chi connectivity index (χ4n) is 1.08. The van der Waals surface area contributed by atoms with Crippen LogP contribution in [0.25, 0.3) is 0 Å². The number of carbonyl (C=O) groups is 1. The van der Waals surface area contributed by atoms with Gasteiger partial charge in [0.05, 0.1) is 6.61 Å². The molecule has 4 N–H and O–H groups in total. The summed E-state index contributed by atoms with van der Waals surface area (Å²) in [5.41, 5.74) is 0.840. The van der Waals surface area contributed by atoms with Crippen LogP contribution in [-0.2, 0) is 11.3 Å². The quantitative estimate of drug-likeness (QED) is 0.547. The van der Waals surface area contributed by atoms with Gasteiger partial charge in [0.25, 0.3) is 0 Å². The zero-order chi connectivity index (χ0) is 11.3. The van der Waals surface area contributed by atoms with Crippen molar-refractivity contribution in [3.05, 3.63) is 29.8 Å². The lowest BCUT2D eigenvalue weighted by Gasteiger charge is -2.11. The zero-order valence-electron chi connectivity index (χ0n) is 8.05. The Labute approximate surface area is 87.0 Å². The van der Waals surface area contributed by atoms with Crippen LogP contribution in [0.1, 0.15) is 5.56 Å². The van der Waals surface area contributed by atoms with Crippen molar-refractivity contribution in [3.63, 3.8) is 0 Å². The molecule has 5 heteroatoms. The van der Waals surface area contributed by atoms with Crippen LogP contribution >= 0.6 is 0 Å². The monoisotopic (exact) mass is 211 g/mol. The predicted octanol–water partition coefficient (Wildman–Crippen LogP) is -0.0727. The molecule has 0 aliphatic heterocycles. The Bertz CT molecular complexity index is 323. The molecule has 0 saturated carbocycles. The van der Waals surface area contributed by atoms with E-state index in [1.54, 1.807) is 12.1 Å². The molecule has 0 spiro atoms. The van der Waals surface area contributed by atoms with E-state index >= 15 is 0 Å². The molecular weight excluding hydrogens is 198 g/mol. The molecule has 5 nitrogen and oxygen atoms in total. The lowest BCUT2D eigenvalue weighted by molar-refractivity contribution is -0.140. The molecular formula is C10H13NO4. The standard InChI is InChI=1S/C10H13NO4/c12-6-9(10(14)15)11-5-7-1-3-8(13)4-2-7/h1-4,9,11-13H,5-6H2,(H,14,15)/t9-/m0/s1. The molecule has 0 heterocycles. The molecule has 1 aromatic carbocycles. The molecule has 0 bridgehead atoms. The number of rotatable bonds is 5. The van der Waals surface area contributed by atoms with Crippen LogP contribution in [0.5, 0.6) is 5.75 Å². The summed E-state index contributed by atoms with van der Waals surface area (Å²) in [4.78, 5) is 10.5. The molecule has 1 aromatic rings. The summed E-state index contributed by atoms with van der Waals surface area (Å²) in [7, 11) is 0. The summed E-state index contributed by atoms with van der Waals surface area (Å²) in [5, 5.41) is 29.1. The van der Waals surface area contributed by atoms with E-state index in [1.807, 2.05) is 0 Å². The molecule has 0 amide bonds. The van der Waals surface area contributed by atoms with Gasteiger partial charge in [-0.25, -0.2) is 0 Å². The first-order valence-corrected chi connectivity index (χ1v) is 4.48. The molecule has 0 fully saturated rings. The zero-order valence-corrected chi connectivity index (χ0v) is 8.05. The van der Waals surface area contributed by atoms with Crippen molar-refractivity contribution in [1.82, 2.24) is 5.32 Å². The molecule has 0 radical (unpaired) electrons. The molecule has 0 aromatic heterocycles. The van der Waals surface area contributed by atoms with E-state index in [2.05, 4.69) is 5.32 Å². The fourth-order valence-corrected chi connectivity index (χ4v) is 1.08.